The fourth-order valence-electron chi connectivity index (χ4n) is 1.51. The number of aliphatic hydroxyl groups is 1. The highest BCUT2D eigenvalue weighted by Gasteiger charge is 2.10. The van der Waals surface area contributed by atoms with E-state index < -0.39 is 6.10 Å². The van der Waals surface area contributed by atoms with E-state index in [4.69, 9.17) is 5.26 Å². The van der Waals surface area contributed by atoms with Gasteiger partial charge in [-0.25, -0.2) is 0 Å². The van der Waals surface area contributed by atoms with Gasteiger partial charge in [0.15, 0.2) is 0 Å². The van der Waals surface area contributed by atoms with Gasteiger partial charge >= 0.3 is 0 Å². The summed E-state index contributed by atoms with van der Waals surface area (Å²) >= 11 is 0. The molecule has 2 N–H and O–H groups in total. The van der Waals surface area contributed by atoms with E-state index in [1.54, 1.807) is 13.1 Å². The molecule has 0 bridgehead atoms. The zero-order valence-electron chi connectivity index (χ0n) is 9.33. The number of aryl methyl sites for hydroxylation is 1. The van der Waals surface area contributed by atoms with Crippen molar-refractivity contribution in [3.63, 3.8) is 0 Å². The fraction of sp³-hybridized carbons (Fsp3) is 0.417. The van der Waals surface area contributed by atoms with E-state index in [0.29, 0.717) is 12.1 Å². The van der Waals surface area contributed by atoms with Crippen LogP contribution in [0, 0.1) is 25.2 Å². The molecule has 1 unspecified atom stereocenters. The van der Waals surface area contributed by atoms with Crippen molar-refractivity contribution in [3.05, 3.63) is 34.4 Å². The molecule has 0 saturated carbocycles. The molecule has 0 aliphatic heterocycles. The van der Waals surface area contributed by atoms with E-state index in [0.717, 1.165) is 16.7 Å². The Kier molecular flexibility index (Phi) is 3.84. The van der Waals surface area contributed by atoms with Gasteiger partial charge in [0, 0.05) is 6.54 Å². The molecule has 80 valence electrons. The molecule has 1 aromatic rings. The SMILES string of the molecule is CNCC(O)c1cc(C)c(C)c(C#N)c1. The molecule has 0 amide bonds. The van der Waals surface area contributed by atoms with Crippen molar-refractivity contribution in [2.75, 3.05) is 13.6 Å². The van der Waals surface area contributed by atoms with Gasteiger partial charge in [-0.2, -0.15) is 5.26 Å². The van der Waals surface area contributed by atoms with Crippen LogP contribution < -0.4 is 5.32 Å². The first-order chi connectivity index (χ1) is 7.10. The third kappa shape index (κ3) is 2.56. The van der Waals surface area contributed by atoms with Crippen LogP contribution in [-0.4, -0.2) is 18.7 Å². The molecular weight excluding hydrogens is 188 g/mol. The van der Waals surface area contributed by atoms with Crippen LogP contribution >= 0.6 is 0 Å². The smallest absolute Gasteiger partial charge is 0.0994 e. The highest BCUT2D eigenvalue weighted by atomic mass is 16.3. The van der Waals surface area contributed by atoms with Gasteiger partial charge in [-0.15, -0.1) is 0 Å². The largest absolute Gasteiger partial charge is 0.387 e. The highest BCUT2D eigenvalue weighted by Crippen LogP contribution is 2.20. The van der Waals surface area contributed by atoms with Gasteiger partial charge in [0.05, 0.1) is 17.7 Å². The average Bonchev–Trinajstić information content (AvgIpc) is 2.22. The Hall–Kier alpha value is -1.37. The Morgan fingerprint density at radius 2 is 2.13 bits per heavy atom. The van der Waals surface area contributed by atoms with E-state index in [1.165, 1.54) is 0 Å². The minimum absolute atomic E-state index is 0.493. The lowest BCUT2D eigenvalue weighted by Gasteiger charge is -2.13. The van der Waals surface area contributed by atoms with Gasteiger partial charge < -0.3 is 10.4 Å². The van der Waals surface area contributed by atoms with Crippen LogP contribution in [0.15, 0.2) is 12.1 Å². The number of likely N-dealkylation sites (N-methyl/N-ethyl adjacent to an activating group) is 1. The van der Waals surface area contributed by atoms with E-state index in [1.807, 2.05) is 19.9 Å². The molecule has 15 heavy (non-hydrogen) atoms. The monoisotopic (exact) mass is 204 g/mol. The first kappa shape index (κ1) is 11.7. The molecule has 0 aliphatic carbocycles. The van der Waals surface area contributed by atoms with Crippen molar-refractivity contribution in [1.29, 1.82) is 5.26 Å². The number of rotatable bonds is 3. The van der Waals surface area contributed by atoms with Crippen LogP contribution in [0.5, 0.6) is 0 Å². The molecule has 0 heterocycles. The van der Waals surface area contributed by atoms with Crippen molar-refractivity contribution >= 4 is 0 Å². The first-order valence-corrected chi connectivity index (χ1v) is 4.94. The summed E-state index contributed by atoms with van der Waals surface area (Å²) in [6, 6.07) is 5.82. The van der Waals surface area contributed by atoms with Crippen LogP contribution in [0.4, 0.5) is 0 Å². The van der Waals surface area contributed by atoms with Crippen molar-refractivity contribution in [1.82, 2.24) is 5.32 Å². The van der Waals surface area contributed by atoms with Crippen molar-refractivity contribution < 1.29 is 5.11 Å². The summed E-state index contributed by atoms with van der Waals surface area (Å²) in [5, 5.41) is 21.6. The molecular formula is C12H16N2O. The van der Waals surface area contributed by atoms with E-state index in [2.05, 4.69) is 11.4 Å². The number of nitrogens with zero attached hydrogens (tertiary/aromatic N) is 1. The molecule has 3 heteroatoms. The van der Waals surface area contributed by atoms with Crippen LogP contribution in [0.25, 0.3) is 0 Å². The zero-order valence-corrected chi connectivity index (χ0v) is 9.33. The summed E-state index contributed by atoms with van der Waals surface area (Å²) in [5.41, 5.74) is 3.46. The number of aliphatic hydroxyl groups excluding tert-OH is 1. The van der Waals surface area contributed by atoms with Crippen LogP contribution in [0.3, 0.4) is 0 Å². The van der Waals surface area contributed by atoms with Crippen LogP contribution in [0.2, 0.25) is 0 Å². The summed E-state index contributed by atoms with van der Waals surface area (Å²) in [4.78, 5) is 0. The van der Waals surface area contributed by atoms with Gasteiger partial charge in [-0.05, 0) is 43.7 Å². The second-order valence-corrected chi connectivity index (χ2v) is 3.70. The maximum absolute atomic E-state index is 9.78. The summed E-state index contributed by atoms with van der Waals surface area (Å²) < 4.78 is 0. The molecule has 3 nitrogen and oxygen atoms in total. The number of nitrogens with one attached hydrogen (secondary N) is 1. The van der Waals surface area contributed by atoms with Gasteiger partial charge in [0.2, 0.25) is 0 Å². The van der Waals surface area contributed by atoms with E-state index >= 15 is 0 Å². The van der Waals surface area contributed by atoms with Crippen molar-refractivity contribution in [2.24, 2.45) is 0 Å². The topological polar surface area (TPSA) is 56.0 Å². The number of hydrogen-bond acceptors (Lipinski definition) is 3. The van der Waals surface area contributed by atoms with Gasteiger partial charge in [-0.3, -0.25) is 0 Å². The zero-order chi connectivity index (χ0) is 11.4. The number of benzene rings is 1. The van der Waals surface area contributed by atoms with E-state index in [9.17, 15) is 5.11 Å². The minimum Gasteiger partial charge on any atom is -0.387 e. The fourth-order valence-corrected chi connectivity index (χ4v) is 1.51. The first-order valence-electron chi connectivity index (χ1n) is 4.94. The lowest BCUT2D eigenvalue weighted by molar-refractivity contribution is 0.177. The second-order valence-electron chi connectivity index (χ2n) is 3.70. The summed E-state index contributed by atoms with van der Waals surface area (Å²) in [7, 11) is 1.79. The number of nitriles is 1. The van der Waals surface area contributed by atoms with Crippen molar-refractivity contribution in [3.8, 4) is 6.07 Å². The van der Waals surface area contributed by atoms with Crippen LogP contribution in [-0.2, 0) is 0 Å². The molecule has 1 atom stereocenters. The molecule has 0 spiro atoms. The third-order valence-electron chi connectivity index (χ3n) is 2.59. The molecule has 0 aromatic heterocycles. The average molecular weight is 204 g/mol. The second kappa shape index (κ2) is 4.92. The molecule has 1 aromatic carbocycles. The summed E-state index contributed by atoms with van der Waals surface area (Å²) in [6.07, 6.45) is -0.554. The predicted molar refractivity (Wildman–Crippen MR) is 59.5 cm³/mol. The highest BCUT2D eigenvalue weighted by molar-refractivity contribution is 5.45. The normalized spacial score (nSPS) is 12.2. The minimum atomic E-state index is -0.554. The Bertz CT molecular complexity index is 393. The van der Waals surface area contributed by atoms with Gasteiger partial charge in [0.25, 0.3) is 0 Å². The van der Waals surface area contributed by atoms with Gasteiger partial charge in [-0.1, -0.05) is 6.07 Å². The standard InChI is InChI=1S/C12H16N2O/c1-8-4-10(12(15)7-14-3)5-11(6-13)9(8)2/h4-5,12,14-15H,7H2,1-3H3. The molecule has 1 rings (SSSR count). The lowest BCUT2D eigenvalue weighted by Crippen LogP contribution is -2.17. The predicted octanol–water partition coefficient (Wildman–Crippen LogP) is 1.43. The van der Waals surface area contributed by atoms with Crippen molar-refractivity contribution in [2.45, 2.75) is 20.0 Å². The molecule has 0 fully saturated rings. The summed E-state index contributed by atoms with van der Waals surface area (Å²) in [5.74, 6) is 0. The Labute approximate surface area is 90.4 Å². The summed E-state index contributed by atoms with van der Waals surface area (Å²) in [6.45, 7) is 4.36. The maximum atomic E-state index is 9.78. The molecule has 0 saturated heterocycles. The maximum Gasteiger partial charge on any atom is 0.0994 e. The third-order valence-corrected chi connectivity index (χ3v) is 2.59. The Morgan fingerprint density at radius 3 is 2.67 bits per heavy atom. The van der Waals surface area contributed by atoms with Gasteiger partial charge in [0.1, 0.15) is 0 Å². The van der Waals surface area contributed by atoms with E-state index in [-0.39, 0.29) is 0 Å². The molecule has 0 radical (unpaired) electrons. The Morgan fingerprint density at radius 1 is 1.47 bits per heavy atom. The molecule has 0 aliphatic rings. The lowest BCUT2D eigenvalue weighted by atomic mass is 9.97. The Balaban J connectivity index is 3.12. The number of hydrogen-bond donors (Lipinski definition) is 2. The van der Waals surface area contributed by atoms with Crippen LogP contribution in [0.1, 0.15) is 28.4 Å². The quantitative estimate of drug-likeness (QED) is 0.783.